The second-order valence-corrected chi connectivity index (χ2v) is 4.61. The number of rotatable bonds is 2. The van der Waals surface area contributed by atoms with E-state index in [9.17, 15) is 26.4 Å². The van der Waals surface area contributed by atoms with Crippen LogP contribution in [0.3, 0.4) is 0 Å². The molecule has 0 radical (unpaired) electrons. The van der Waals surface area contributed by atoms with Gasteiger partial charge in [-0.15, -0.1) is 0 Å². The Kier molecular flexibility index (Phi) is 3.67. The number of carbonyl (C=O) groups excluding carboxylic acids is 1. The lowest BCUT2D eigenvalue weighted by Gasteiger charge is -2.12. The highest BCUT2D eigenvalue weighted by atomic mass is 32.2. The van der Waals surface area contributed by atoms with E-state index in [0.29, 0.717) is 12.1 Å². The summed E-state index contributed by atoms with van der Waals surface area (Å²) in [6.07, 6.45) is -5.01. The summed E-state index contributed by atoms with van der Waals surface area (Å²) in [6.45, 7) is 0.976. The van der Waals surface area contributed by atoms with E-state index in [0.717, 1.165) is 13.0 Å². The summed E-state index contributed by atoms with van der Waals surface area (Å²) in [5, 5.41) is 0. The smallest absolute Gasteiger partial charge is 0.417 e. The number of esters is 1. The van der Waals surface area contributed by atoms with Crippen molar-refractivity contribution in [3.8, 4) is 5.75 Å². The number of carbonyl (C=O) groups is 1. The first-order valence-corrected chi connectivity index (χ1v) is 5.83. The molecule has 0 aliphatic carbocycles. The molecule has 1 aromatic rings. The fourth-order valence-electron chi connectivity index (χ4n) is 1.19. The summed E-state index contributed by atoms with van der Waals surface area (Å²) >= 11 is 0. The number of benzene rings is 1. The second kappa shape index (κ2) is 4.58. The normalized spacial score (nSPS) is 12.3. The Morgan fingerprint density at radius 3 is 2.28 bits per heavy atom. The van der Waals surface area contributed by atoms with Crippen LogP contribution < -0.4 is 4.74 Å². The Morgan fingerprint density at radius 1 is 1.33 bits per heavy atom. The molecule has 1 rings (SSSR count). The minimum Gasteiger partial charge on any atom is -0.427 e. The molecular formula is C9H7F3O5S. The van der Waals surface area contributed by atoms with Gasteiger partial charge in [-0.05, 0) is 18.2 Å². The first-order valence-electron chi connectivity index (χ1n) is 4.39. The molecule has 0 unspecified atom stereocenters. The molecule has 0 aliphatic heterocycles. The van der Waals surface area contributed by atoms with Crippen LogP contribution in [0.2, 0.25) is 0 Å². The Morgan fingerprint density at radius 2 is 1.89 bits per heavy atom. The molecular weight excluding hydrogens is 277 g/mol. The highest BCUT2D eigenvalue weighted by Gasteiger charge is 2.37. The molecule has 100 valence electrons. The van der Waals surface area contributed by atoms with Crippen LogP contribution in [0.1, 0.15) is 12.5 Å². The van der Waals surface area contributed by atoms with Crippen LogP contribution >= 0.6 is 0 Å². The van der Waals surface area contributed by atoms with Gasteiger partial charge in [0.15, 0.2) is 0 Å². The van der Waals surface area contributed by atoms with Gasteiger partial charge in [-0.3, -0.25) is 9.35 Å². The zero-order valence-electron chi connectivity index (χ0n) is 8.85. The van der Waals surface area contributed by atoms with Crippen molar-refractivity contribution in [2.45, 2.75) is 18.0 Å². The number of hydrogen-bond donors (Lipinski definition) is 1. The number of hydrogen-bond acceptors (Lipinski definition) is 4. The van der Waals surface area contributed by atoms with E-state index in [-0.39, 0.29) is 0 Å². The van der Waals surface area contributed by atoms with Crippen molar-refractivity contribution < 1.29 is 35.7 Å². The zero-order valence-corrected chi connectivity index (χ0v) is 9.67. The maximum atomic E-state index is 12.6. The fraction of sp³-hybridized carbons (Fsp3) is 0.222. The lowest BCUT2D eigenvalue weighted by molar-refractivity contribution is -0.140. The van der Waals surface area contributed by atoms with Gasteiger partial charge in [-0.25, -0.2) is 0 Å². The van der Waals surface area contributed by atoms with Crippen LogP contribution in [0.15, 0.2) is 23.1 Å². The molecule has 1 N–H and O–H groups in total. The van der Waals surface area contributed by atoms with Crippen molar-refractivity contribution in [2.24, 2.45) is 0 Å². The third-order valence-corrected chi connectivity index (χ3v) is 2.71. The van der Waals surface area contributed by atoms with Crippen LogP contribution in [0, 0.1) is 0 Å². The van der Waals surface area contributed by atoms with Crippen molar-refractivity contribution in [3.05, 3.63) is 23.8 Å². The van der Waals surface area contributed by atoms with Crippen LogP contribution in [-0.2, 0) is 21.1 Å². The van der Waals surface area contributed by atoms with Gasteiger partial charge in [0.25, 0.3) is 10.1 Å². The van der Waals surface area contributed by atoms with E-state index in [1.54, 1.807) is 0 Å². The maximum Gasteiger partial charge on any atom is 0.417 e. The highest BCUT2D eigenvalue weighted by molar-refractivity contribution is 7.85. The van der Waals surface area contributed by atoms with Crippen molar-refractivity contribution >= 4 is 16.1 Å². The van der Waals surface area contributed by atoms with Crippen molar-refractivity contribution in [1.29, 1.82) is 0 Å². The van der Waals surface area contributed by atoms with E-state index in [1.165, 1.54) is 0 Å². The third kappa shape index (κ3) is 3.44. The number of ether oxygens (including phenoxy) is 1. The standard InChI is InChI=1S/C9H7F3O5S/c1-5(13)17-6-2-3-8(18(14,15)16)7(4-6)9(10,11)12/h2-4H,1H3,(H,14,15,16). The molecule has 1 aromatic carbocycles. The molecule has 9 heteroatoms. The lowest BCUT2D eigenvalue weighted by atomic mass is 10.2. The molecule has 0 aliphatic rings. The van der Waals surface area contributed by atoms with Gasteiger partial charge in [-0.2, -0.15) is 21.6 Å². The summed E-state index contributed by atoms with van der Waals surface area (Å²) in [5.74, 6) is -1.33. The highest BCUT2D eigenvalue weighted by Crippen LogP contribution is 2.36. The Labute approximate surface area is 99.9 Å². The minimum absolute atomic E-state index is 0.324. The van der Waals surface area contributed by atoms with Crippen molar-refractivity contribution in [3.63, 3.8) is 0 Å². The molecule has 0 saturated heterocycles. The van der Waals surface area contributed by atoms with E-state index < -0.39 is 38.5 Å². The van der Waals surface area contributed by atoms with Crippen LogP contribution in [-0.4, -0.2) is 18.9 Å². The second-order valence-electron chi connectivity index (χ2n) is 3.22. The maximum absolute atomic E-state index is 12.6. The average Bonchev–Trinajstić information content (AvgIpc) is 2.13. The largest absolute Gasteiger partial charge is 0.427 e. The van der Waals surface area contributed by atoms with E-state index in [2.05, 4.69) is 4.74 Å². The average molecular weight is 284 g/mol. The van der Waals surface area contributed by atoms with E-state index >= 15 is 0 Å². The molecule has 0 fully saturated rings. The molecule has 0 bridgehead atoms. The quantitative estimate of drug-likeness (QED) is 0.509. The summed E-state index contributed by atoms with van der Waals surface area (Å²) < 4.78 is 72.4. The summed E-state index contributed by atoms with van der Waals surface area (Å²) in [7, 11) is -5.02. The lowest BCUT2D eigenvalue weighted by Crippen LogP contribution is -2.13. The topological polar surface area (TPSA) is 80.7 Å². The van der Waals surface area contributed by atoms with E-state index in [1.807, 2.05) is 0 Å². The molecule has 0 spiro atoms. The predicted octanol–water partition coefficient (Wildman–Crippen LogP) is 1.88. The van der Waals surface area contributed by atoms with Gasteiger partial charge in [-0.1, -0.05) is 0 Å². The van der Waals surface area contributed by atoms with Crippen molar-refractivity contribution in [2.75, 3.05) is 0 Å². The Balaban J connectivity index is 3.44. The van der Waals surface area contributed by atoms with E-state index in [4.69, 9.17) is 4.55 Å². The monoisotopic (exact) mass is 284 g/mol. The molecule has 0 heterocycles. The number of alkyl halides is 3. The number of halogens is 3. The van der Waals surface area contributed by atoms with Gasteiger partial charge in [0.2, 0.25) is 0 Å². The summed E-state index contributed by atoms with van der Waals surface area (Å²) in [4.78, 5) is 9.28. The predicted molar refractivity (Wildman–Crippen MR) is 52.6 cm³/mol. The molecule has 0 atom stereocenters. The molecule has 0 saturated carbocycles. The van der Waals surface area contributed by atoms with Crippen LogP contribution in [0.4, 0.5) is 13.2 Å². The molecule has 5 nitrogen and oxygen atoms in total. The molecule has 18 heavy (non-hydrogen) atoms. The van der Waals surface area contributed by atoms with Gasteiger partial charge in [0.05, 0.1) is 5.56 Å². The molecule has 0 amide bonds. The SMILES string of the molecule is CC(=O)Oc1ccc(S(=O)(=O)O)c(C(F)(F)F)c1. The van der Waals surface area contributed by atoms with Crippen LogP contribution in [0.25, 0.3) is 0 Å². The van der Waals surface area contributed by atoms with Gasteiger partial charge in [0.1, 0.15) is 10.6 Å². The van der Waals surface area contributed by atoms with Crippen molar-refractivity contribution in [1.82, 2.24) is 0 Å². The fourth-order valence-corrected chi connectivity index (χ4v) is 1.88. The third-order valence-electron chi connectivity index (χ3n) is 1.80. The van der Waals surface area contributed by atoms with Gasteiger partial charge in [0, 0.05) is 6.92 Å². The van der Waals surface area contributed by atoms with Gasteiger partial charge >= 0.3 is 12.1 Å². The Bertz CT molecular complexity index is 576. The summed E-state index contributed by atoms with van der Waals surface area (Å²) in [5.41, 5.74) is -1.61. The minimum atomic E-state index is -5.02. The Hall–Kier alpha value is -1.61. The van der Waals surface area contributed by atoms with Gasteiger partial charge < -0.3 is 4.74 Å². The first-order chi connectivity index (χ1) is 8.01. The first kappa shape index (κ1) is 14.5. The summed E-state index contributed by atoms with van der Waals surface area (Å²) in [6, 6.07) is 1.67. The zero-order chi connectivity index (χ0) is 14.1. The molecule has 0 aromatic heterocycles. The van der Waals surface area contributed by atoms with Crippen LogP contribution in [0.5, 0.6) is 5.75 Å².